The first-order valence-corrected chi connectivity index (χ1v) is 6.59. The van der Waals surface area contributed by atoms with Crippen molar-refractivity contribution < 1.29 is 19.0 Å². The minimum Gasteiger partial charge on any atom is -0.492 e. The first kappa shape index (κ1) is 16.2. The Balaban J connectivity index is 0.00000161. The van der Waals surface area contributed by atoms with Gasteiger partial charge < -0.3 is 24.4 Å². The fourth-order valence-corrected chi connectivity index (χ4v) is 2.81. The molecule has 0 fully saturated rings. The molecule has 0 radical (unpaired) electrons. The van der Waals surface area contributed by atoms with E-state index < -0.39 is 0 Å². The van der Waals surface area contributed by atoms with Gasteiger partial charge in [-0.3, -0.25) is 4.79 Å². The van der Waals surface area contributed by atoms with Crippen molar-refractivity contribution in [3.05, 3.63) is 11.1 Å². The number of hydrogen-bond donors (Lipinski definition) is 1. The lowest BCUT2D eigenvalue weighted by Crippen LogP contribution is -2.28. The number of likely N-dealkylation sites (N-methyl/N-ethyl adjacent to an activating group) is 1. The minimum atomic E-state index is -0.117. The Morgan fingerprint density at radius 1 is 1.29 bits per heavy atom. The number of carbonyl (C=O) groups is 1. The Morgan fingerprint density at radius 2 is 2.00 bits per heavy atom. The van der Waals surface area contributed by atoms with Crippen LogP contribution in [-0.4, -0.2) is 38.3 Å². The molecule has 0 atom stereocenters. The predicted molar refractivity (Wildman–Crippen MR) is 88.9 cm³/mol. The van der Waals surface area contributed by atoms with Gasteiger partial charge in [0.2, 0.25) is 18.4 Å². The van der Waals surface area contributed by atoms with Crippen LogP contribution < -0.4 is 19.5 Å². The molecule has 116 valence electrons. The van der Waals surface area contributed by atoms with E-state index >= 15 is 0 Å². The molecule has 3 rings (SSSR count). The largest absolute Gasteiger partial charge is 0.492 e. The van der Waals surface area contributed by atoms with Gasteiger partial charge in [-0.25, -0.2) is 0 Å². The van der Waals surface area contributed by atoms with Crippen molar-refractivity contribution in [2.24, 2.45) is 0 Å². The number of amides is 1. The topological polar surface area (TPSA) is 60.0 Å². The molecule has 0 saturated carbocycles. The second-order valence-corrected chi connectivity index (χ2v) is 5.10. The first-order valence-electron chi connectivity index (χ1n) is 6.59. The molecule has 0 aliphatic carbocycles. The molecule has 1 aromatic rings. The number of rotatable bonds is 2. The van der Waals surface area contributed by atoms with E-state index in [4.69, 9.17) is 14.2 Å². The molecule has 21 heavy (non-hydrogen) atoms. The molecule has 6 nitrogen and oxygen atoms in total. The number of carbonyl (C=O) groups excluding carboxylic acids is 1. The van der Waals surface area contributed by atoms with Gasteiger partial charge in [-0.2, -0.15) is 0 Å². The highest BCUT2D eigenvalue weighted by atomic mass is 127. The molecule has 0 spiro atoms. The summed E-state index contributed by atoms with van der Waals surface area (Å²) in [5.41, 5.74) is 2.88. The average molecular weight is 406 g/mol. The van der Waals surface area contributed by atoms with Gasteiger partial charge in [0.25, 0.3) is 0 Å². The van der Waals surface area contributed by atoms with Crippen molar-refractivity contribution in [1.82, 2.24) is 4.90 Å². The molecule has 2 aliphatic heterocycles. The van der Waals surface area contributed by atoms with Crippen LogP contribution in [0, 0.1) is 0 Å². The van der Waals surface area contributed by atoms with E-state index in [-0.39, 0.29) is 36.7 Å². The van der Waals surface area contributed by atoms with Crippen LogP contribution >= 0.6 is 24.0 Å². The zero-order valence-electron chi connectivity index (χ0n) is 12.3. The van der Waals surface area contributed by atoms with Crippen LogP contribution in [0.3, 0.4) is 0 Å². The molecule has 2 aliphatic rings. The van der Waals surface area contributed by atoms with Crippen LogP contribution in [0.1, 0.15) is 18.1 Å². The van der Waals surface area contributed by atoms with Gasteiger partial charge >= 0.3 is 0 Å². The molecule has 0 unspecified atom stereocenters. The summed E-state index contributed by atoms with van der Waals surface area (Å²) in [6.45, 7) is 3.34. The third-order valence-electron chi connectivity index (χ3n) is 3.66. The lowest BCUT2D eigenvalue weighted by atomic mass is 9.95. The van der Waals surface area contributed by atoms with Crippen LogP contribution in [0.2, 0.25) is 0 Å². The van der Waals surface area contributed by atoms with Crippen LogP contribution in [0.25, 0.3) is 0 Å². The number of ether oxygens (including phenoxy) is 3. The third-order valence-corrected chi connectivity index (χ3v) is 3.66. The van der Waals surface area contributed by atoms with Crippen molar-refractivity contribution in [2.45, 2.75) is 19.9 Å². The monoisotopic (exact) mass is 406 g/mol. The minimum absolute atomic E-state index is 0. The van der Waals surface area contributed by atoms with Gasteiger partial charge in [0.1, 0.15) is 0 Å². The maximum absolute atomic E-state index is 11.5. The number of anilines is 1. The van der Waals surface area contributed by atoms with Gasteiger partial charge in [0, 0.05) is 25.6 Å². The van der Waals surface area contributed by atoms with Crippen molar-refractivity contribution in [1.29, 1.82) is 0 Å². The molecule has 1 N–H and O–H groups in total. The standard InChI is InChI=1S/C14H18N2O4.HI/c1-8(17)15-11-9-4-5-16(2)6-10(9)12(18-3)14-13(11)19-7-20-14;/h4-7H2,1-3H3,(H,15,17);1H. The van der Waals surface area contributed by atoms with Gasteiger partial charge in [-0.05, 0) is 19.0 Å². The number of nitrogens with one attached hydrogen (secondary N) is 1. The first-order chi connectivity index (χ1) is 9.61. The number of fused-ring (bicyclic) bond motifs is 2. The predicted octanol–water partition coefficient (Wildman–Crippen LogP) is 1.99. The molecular weight excluding hydrogens is 387 g/mol. The number of halogens is 1. The van der Waals surface area contributed by atoms with E-state index in [0.29, 0.717) is 17.2 Å². The number of benzene rings is 1. The van der Waals surface area contributed by atoms with Crippen LogP contribution in [0.5, 0.6) is 17.2 Å². The van der Waals surface area contributed by atoms with Crippen molar-refractivity contribution >= 4 is 35.6 Å². The van der Waals surface area contributed by atoms with Gasteiger partial charge in [-0.1, -0.05) is 0 Å². The molecule has 0 aromatic heterocycles. The van der Waals surface area contributed by atoms with Gasteiger partial charge in [0.05, 0.1) is 12.8 Å². The summed E-state index contributed by atoms with van der Waals surface area (Å²) in [4.78, 5) is 13.7. The van der Waals surface area contributed by atoms with Crippen LogP contribution in [-0.2, 0) is 17.8 Å². The fraction of sp³-hybridized carbons (Fsp3) is 0.500. The number of nitrogens with zero attached hydrogens (tertiary/aromatic N) is 1. The van der Waals surface area contributed by atoms with E-state index in [9.17, 15) is 4.79 Å². The molecule has 7 heteroatoms. The number of hydrogen-bond acceptors (Lipinski definition) is 5. The summed E-state index contributed by atoms with van der Waals surface area (Å²) >= 11 is 0. The van der Waals surface area contributed by atoms with E-state index in [0.717, 1.165) is 36.3 Å². The summed E-state index contributed by atoms with van der Waals surface area (Å²) < 4.78 is 16.6. The Labute approximate surface area is 140 Å². The maximum atomic E-state index is 11.5. The third kappa shape index (κ3) is 2.76. The second kappa shape index (κ2) is 6.27. The van der Waals surface area contributed by atoms with Crippen molar-refractivity contribution in [3.63, 3.8) is 0 Å². The quantitative estimate of drug-likeness (QED) is 0.762. The maximum Gasteiger partial charge on any atom is 0.231 e. The highest BCUT2D eigenvalue weighted by molar-refractivity contribution is 14.0. The Hall–Kier alpha value is -1.22. The van der Waals surface area contributed by atoms with Crippen LogP contribution in [0.15, 0.2) is 0 Å². The van der Waals surface area contributed by atoms with Crippen molar-refractivity contribution in [3.8, 4) is 17.2 Å². The molecular formula is C14H19IN2O4. The summed E-state index contributed by atoms with van der Waals surface area (Å²) in [5.74, 6) is 1.77. The lowest BCUT2D eigenvalue weighted by Gasteiger charge is -2.29. The molecule has 0 saturated heterocycles. The Morgan fingerprint density at radius 3 is 2.67 bits per heavy atom. The lowest BCUT2D eigenvalue weighted by molar-refractivity contribution is -0.114. The zero-order valence-corrected chi connectivity index (χ0v) is 14.6. The highest BCUT2D eigenvalue weighted by Crippen LogP contribution is 2.52. The summed E-state index contributed by atoms with van der Waals surface area (Å²) in [5, 5.41) is 2.88. The zero-order chi connectivity index (χ0) is 14.3. The van der Waals surface area contributed by atoms with E-state index in [1.807, 2.05) is 0 Å². The SMILES string of the molecule is COc1c2c(c(NC(C)=O)c3c1OCO3)CCN(C)C2.I. The average Bonchev–Trinajstić information content (AvgIpc) is 2.87. The van der Waals surface area contributed by atoms with Crippen LogP contribution in [0.4, 0.5) is 5.69 Å². The van der Waals surface area contributed by atoms with E-state index in [2.05, 4.69) is 17.3 Å². The smallest absolute Gasteiger partial charge is 0.231 e. The molecule has 1 amide bonds. The molecule has 1 aromatic carbocycles. The fourth-order valence-electron chi connectivity index (χ4n) is 2.81. The van der Waals surface area contributed by atoms with E-state index in [1.54, 1.807) is 7.11 Å². The van der Waals surface area contributed by atoms with E-state index in [1.165, 1.54) is 6.92 Å². The van der Waals surface area contributed by atoms with Gasteiger partial charge in [-0.15, -0.1) is 24.0 Å². The summed E-state index contributed by atoms with van der Waals surface area (Å²) in [6, 6.07) is 0. The normalized spacial score (nSPS) is 16.0. The summed E-state index contributed by atoms with van der Waals surface area (Å²) in [7, 11) is 3.69. The highest BCUT2D eigenvalue weighted by Gasteiger charge is 2.32. The van der Waals surface area contributed by atoms with Crippen molar-refractivity contribution in [2.75, 3.05) is 32.8 Å². The molecule has 2 heterocycles. The number of methoxy groups -OCH3 is 1. The van der Waals surface area contributed by atoms with Gasteiger partial charge in [0.15, 0.2) is 11.5 Å². The Bertz CT molecular complexity index is 577. The Kier molecular flexibility index (Phi) is 4.82. The summed E-state index contributed by atoms with van der Waals surface area (Å²) in [6.07, 6.45) is 0.842. The molecule has 0 bridgehead atoms. The second-order valence-electron chi connectivity index (χ2n) is 5.10.